The minimum Gasteiger partial charge on any atom is -0.341 e. The molecule has 4 heteroatoms. The first-order valence-electron chi connectivity index (χ1n) is 7.07. The van der Waals surface area contributed by atoms with Crippen LogP contribution < -0.4 is 4.90 Å². The summed E-state index contributed by atoms with van der Waals surface area (Å²) in [5, 5.41) is 0. The average Bonchev–Trinajstić information content (AvgIpc) is 2.75. The van der Waals surface area contributed by atoms with Gasteiger partial charge in [0.1, 0.15) is 0 Å². The Morgan fingerprint density at radius 1 is 1.53 bits per heavy atom. The van der Waals surface area contributed by atoms with Crippen molar-refractivity contribution < 1.29 is 4.79 Å². The highest BCUT2D eigenvalue weighted by atomic mass is 16.1. The maximum atomic E-state index is 11.4. The molecule has 1 saturated heterocycles. The molecular weight excluding hydrogens is 238 g/mol. The molecule has 1 atom stereocenters. The van der Waals surface area contributed by atoms with Gasteiger partial charge >= 0.3 is 0 Å². The Morgan fingerprint density at radius 3 is 2.84 bits per heavy atom. The van der Waals surface area contributed by atoms with E-state index in [0.29, 0.717) is 5.56 Å². The lowest BCUT2D eigenvalue weighted by molar-refractivity contribution is 0.101. The Labute approximate surface area is 115 Å². The molecule has 1 unspecified atom stereocenters. The van der Waals surface area contributed by atoms with Crippen LogP contribution in [-0.2, 0) is 0 Å². The fourth-order valence-electron chi connectivity index (χ4n) is 2.83. The number of carbonyl (C=O) groups is 1. The molecule has 0 aromatic carbocycles. The molecule has 1 aromatic rings. The molecule has 19 heavy (non-hydrogen) atoms. The number of aromatic nitrogens is 2. The smallest absolute Gasteiger partial charge is 0.225 e. The van der Waals surface area contributed by atoms with Crippen LogP contribution >= 0.6 is 0 Å². The van der Waals surface area contributed by atoms with Crippen LogP contribution in [0.25, 0.3) is 0 Å². The van der Waals surface area contributed by atoms with E-state index in [1.165, 1.54) is 12.8 Å². The molecule has 0 saturated carbocycles. The zero-order valence-electron chi connectivity index (χ0n) is 12.3. The van der Waals surface area contributed by atoms with E-state index in [2.05, 4.69) is 28.7 Å². The van der Waals surface area contributed by atoms with E-state index < -0.39 is 0 Å². The van der Waals surface area contributed by atoms with Crippen LogP contribution in [0.1, 0.15) is 49.7 Å². The number of carbonyl (C=O) groups excluding carboxylic acids is 1. The monoisotopic (exact) mass is 261 g/mol. The lowest BCUT2D eigenvalue weighted by Crippen LogP contribution is -2.23. The molecule has 0 bridgehead atoms. The molecule has 0 spiro atoms. The van der Waals surface area contributed by atoms with Gasteiger partial charge in [0.15, 0.2) is 5.78 Å². The molecular formula is C15H23N3O. The summed E-state index contributed by atoms with van der Waals surface area (Å²) in [4.78, 5) is 22.5. The molecule has 0 radical (unpaired) electrons. The number of nitrogens with zero attached hydrogens (tertiary/aromatic N) is 3. The van der Waals surface area contributed by atoms with Gasteiger partial charge in [0.25, 0.3) is 0 Å². The van der Waals surface area contributed by atoms with Gasteiger partial charge in [-0.1, -0.05) is 13.8 Å². The minimum absolute atomic E-state index is 0.0307. The van der Waals surface area contributed by atoms with E-state index in [9.17, 15) is 4.79 Å². The van der Waals surface area contributed by atoms with Gasteiger partial charge < -0.3 is 4.90 Å². The number of ketones is 1. The molecule has 4 nitrogen and oxygen atoms in total. The molecule has 1 aromatic heterocycles. The highest BCUT2D eigenvalue weighted by Crippen LogP contribution is 2.26. The largest absolute Gasteiger partial charge is 0.341 e. The second-order valence-corrected chi connectivity index (χ2v) is 5.96. The number of hydrogen-bond acceptors (Lipinski definition) is 4. The van der Waals surface area contributed by atoms with E-state index in [-0.39, 0.29) is 5.78 Å². The van der Waals surface area contributed by atoms with E-state index in [1.807, 2.05) is 6.92 Å². The van der Waals surface area contributed by atoms with Gasteiger partial charge in [-0.05, 0) is 38.5 Å². The fourth-order valence-corrected chi connectivity index (χ4v) is 2.83. The Morgan fingerprint density at radius 2 is 2.26 bits per heavy atom. The van der Waals surface area contributed by atoms with Gasteiger partial charge in [0, 0.05) is 19.3 Å². The summed E-state index contributed by atoms with van der Waals surface area (Å²) in [6, 6.07) is 0. The molecule has 0 N–H and O–H groups in total. The van der Waals surface area contributed by atoms with Gasteiger partial charge in [0.05, 0.1) is 11.3 Å². The molecule has 1 aliphatic heterocycles. The SMILES string of the molecule is CC(=O)c1cnc(N2CCC(CC(C)C)C2)nc1C. The van der Waals surface area contributed by atoms with Crippen LogP contribution in [-0.4, -0.2) is 28.8 Å². The van der Waals surface area contributed by atoms with Gasteiger partial charge in [-0.25, -0.2) is 9.97 Å². The molecule has 1 aliphatic rings. The third kappa shape index (κ3) is 3.31. The van der Waals surface area contributed by atoms with Crippen LogP contribution in [0.15, 0.2) is 6.20 Å². The fraction of sp³-hybridized carbons (Fsp3) is 0.667. The molecule has 104 valence electrons. The van der Waals surface area contributed by atoms with Crippen LogP contribution in [0.3, 0.4) is 0 Å². The third-order valence-corrected chi connectivity index (χ3v) is 3.72. The van der Waals surface area contributed by atoms with Crippen molar-refractivity contribution in [1.82, 2.24) is 9.97 Å². The molecule has 0 aliphatic carbocycles. The normalized spacial score (nSPS) is 19.2. The average molecular weight is 261 g/mol. The number of anilines is 1. The Balaban J connectivity index is 2.07. The summed E-state index contributed by atoms with van der Waals surface area (Å²) < 4.78 is 0. The second-order valence-electron chi connectivity index (χ2n) is 5.96. The zero-order chi connectivity index (χ0) is 14.0. The van der Waals surface area contributed by atoms with Crippen molar-refractivity contribution in [1.29, 1.82) is 0 Å². The van der Waals surface area contributed by atoms with Crippen LogP contribution in [0.4, 0.5) is 5.95 Å². The summed E-state index contributed by atoms with van der Waals surface area (Å²) in [5.74, 6) is 2.29. The zero-order valence-corrected chi connectivity index (χ0v) is 12.3. The number of Topliss-reactive ketones (excluding diaryl/α,β-unsaturated/α-hetero) is 1. The molecule has 0 amide bonds. The predicted octanol–water partition coefficient (Wildman–Crippen LogP) is 2.86. The minimum atomic E-state index is 0.0307. The molecule has 2 rings (SSSR count). The summed E-state index contributed by atoms with van der Waals surface area (Å²) in [6.45, 7) is 10.0. The second kappa shape index (κ2) is 5.68. The van der Waals surface area contributed by atoms with E-state index in [1.54, 1.807) is 13.1 Å². The first-order valence-corrected chi connectivity index (χ1v) is 7.07. The predicted molar refractivity (Wildman–Crippen MR) is 76.5 cm³/mol. The third-order valence-electron chi connectivity index (χ3n) is 3.72. The summed E-state index contributed by atoms with van der Waals surface area (Å²) in [5.41, 5.74) is 1.41. The van der Waals surface area contributed by atoms with Crippen molar-refractivity contribution in [3.63, 3.8) is 0 Å². The van der Waals surface area contributed by atoms with E-state index in [4.69, 9.17) is 0 Å². The quantitative estimate of drug-likeness (QED) is 0.782. The number of rotatable bonds is 4. The first kappa shape index (κ1) is 14.0. The Kier molecular flexibility index (Phi) is 4.17. The lowest BCUT2D eigenvalue weighted by atomic mass is 9.97. The number of hydrogen-bond donors (Lipinski definition) is 0. The van der Waals surface area contributed by atoms with Crippen LogP contribution in [0.5, 0.6) is 0 Å². The Hall–Kier alpha value is -1.45. The Bertz CT molecular complexity index is 470. The van der Waals surface area contributed by atoms with Gasteiger partial charge in [0.2, 0.25) is 5.95 Å². The highest BCUT2D eigenvalue weighted by molar-refractivity contribution is 5.94. The summed E-state index contributed by atoms with van der Waals surface area (Å²) >= 11 is 0. The maximum Gasteiger partial charge on any atom is 0.225 e. The molecule has 2 heterocycles. The van der Waals surface area contributed by atoms with Crippen molar-refractivity contribution in [2.45, 2.75) is 40.5 Å². The van der Waals surface area contributed by atoms with E-state index in [0.717, 1.165) is 36.6 Å². The first-order chi connectivity index (χ1) is 8.97. The van der Waals surface area contributed by atoms with Gasteiger partial charge in [-0.3, -0.25) is 4.79 Å². The summed E-state index contributed by atoms with van der Waals surface area (Å²) in [6.07, 6.45) is 4.14. The molecule has 1 fully saturated rings. The van der Waals surface area contributed by atoms with E-state index >= 15 is 0 Å². The van der Waals surface area contributed by atoms with Crippen molar-refractivity contribution in [3.05, 3.63) is 17.5 Å². The van der Waals surface area contributed by atoms with Crippen molar-refractivity contribution in [3.8, 4) is 0 Å². The van der Waals surface area contributed by atoms with Crippen molar-refractivity contribution in [2.75, 3.05) is 18.0 Å². The van der Waals surface area contributed by atoms with Gasteiger partial charge in [-0.15, -0.1) is 0 Å². The van der Waals surface area contributed by atoms with Gasteiger partial charge in [-0.2, -0.15) is 0 Å². The number of aryl methyl sites for hydroxylation is 1. The van der Waals surface area contributed by atoms with Crippen LogP contribution in [0, 0.1) is 18.8 Å². The standard InChI is InChI=1S/C15H23N3O/c1-10(2)7-13-5-6-18(9-13)15-16-8-14(12(4)19)11(3)17-15/h8,10,13H,5-7,9H2,1-4H3. The lowest BCUT2D eigenvalue weighted by Gasteiger charge is -2.18. The highest BCUT2D eigenvalue weighted by Gasteiger charge is 2.25. The maximum absolute atomic E-state index is 11.4. The van der Waals surface area contributed by atoms with Crippen molar-refractivity contribution >= 4 is 11.7 Å². The summed E-state index contributed by atoms with van der Waals surface area (Å²) in [7, 11) is 0. The van der Waals surface area contributed by atoms with Crippen LogP contribution in [0.2, 0.25) is 0 Å². The van der Waals surface area contributed by atoms with Crippen molar-refractivity contribution in [2.24, 2.45) is 11.8 Å². The topological polar surface area (TPSA) is 46.1 Å².